The van der Waals surface area contributed by atoms with Crippen molar-refractivity contribution < 1.29 is 18.0 Å². The lowest BCUT2D eigenvalue weighted by Crippen LogP contribution is -2.14. The number of aryl methyl sites for hydroxylation is 1. The topological polar surface area (TPSA) is 47.3 Å². The summed E-state index contributed by atoms with van der Waals surface area (Å²) >= 11 is 5.85. The second kappa shape index (κ2) is 6.67. The van der Waals surface area contributed by atoms with Crippen LogP contribution in [0.5, 0.6) is 5.75 Å². The van der Waals surface area contributed by atoms with Gasteiger partial charge in [-0.15, -0.1) is 0 Å². The molecule has 20 heavy (non-hydrogen) atoms. The van der Waals surface area contributed by atoms with Gasteiger partial charge in [0.15, 0.2) is 0 Å². The van der Waals surface area contributed by atoms with Crippen molar-refractivity contribution >= 4 is 11.6 Å². The van der Waals surface area contributed by atoms with Gasteiger partial charge >= 0.3 is 6.61 Å². The van der Waals surface area contributed by atoms with Crippen molar-refractivity contribution in [1.82, 2.24) is 10.5 Å². The van der Waals surface area contributed by atoms with Crippen LogP contribution < -0.4 is 10.1 Å². The lowest BCUT2D eigenvalue weighted by molar-refractivity contribution is -0.0505. The van der Waals surface area contributed by atoms with E-state index in [1.165, 1.54) is 12.1 Å². The van der Waals surface area contributed by atoms with Gasteiger partial charge in [0.1, 0.15) is 11.5 Å². The fourth-order valence-electron chi connectivity index (χ4n) is 1.72. The molecular weight excluding hydrogens is 290 g/mol. The van der Waals surface area contributed by atoms with Gasteiger partial charge in [-0.2, -0.15) is 8.78 Å². The molecule has 0 saturated heterocycles. The summed E-state index contributed by atoms with van der Waals surface area (Å²) in [5.74, 6) is 0.819. The Hall–Kier alpha value is -1.66. The first-order valence-electron chi connectivity index (χ1n) is 5.91. The molecule has 4 nitrogen and oxygen atoms in total. The van der Waals surface area contributed by atoms with E-state index < -0.39 is 6.61 Å². The molecule has 2 aromatic rings. The number of ether oxygens (including phenoxy) is 1. The number of aromatic nitrogens is 1. The molecular formula is C13H13ClF2N2O2. The molecule has 7 heteroatoms. The highest BCUT2D eigenvalue weighted by atomic mass is 35.5. The van der Waals surface area contributed by atoms with Gasteiger partial charge < -0.3 is 14.6 Å². The van der Waals surface area contributed by atoms with Crippen molar-refractivity contribution in [2.75, 3.05) is 0 Å². The zero-order valence-corrected chi connectivity index (χ0v) is 11.5. The highest BCUT2D eigenvalue weighted by Gasteiger charge is 2.10. The minimum Gasteiger partial charge on any atom is -0.434 e. The van der Waals surface area contributed by atoms with Crippen molar-refractivity contribution in [2.24, 2.45) is 0 Å². The van der Waals surface area contributed by atoms with Crippen LogP contribution in [0.25, 0.3) is 0 Å². The number of nitrogens with zero attached hydrogens (tertiary/aromatic N) is 1. The fraction of sp³-hybridized carbons (Fsp3) is 0.308. The minimum absolute atomic E-state index is 0.105. The number of nitrogens with one attached hydrogen (secondary N) is 1. The maximum absolute atomic E-state index is 12.3. The summed E-state index contributed by atoms with van der Waals surface area (Å²) < 4.78 is 34.0. The highest BCUT2D eigenvalue weighted by Crippen LogP contribution is 2.24. The van der Waals surface area contributed by atoms with Crippen LogP contribution in [-0.2, 0) is 13.1 Å². The number of benzene rings is 1. The van der Waals surface area contributed by atoms with Crippen molar-refractivity contribution in [3.63, 3.8) is 0 Å². The molecule has 0 amide bonds. The van der Waals surface area contributed by atoms with Gasteiger partial charge in [0.25, 0.3) is 0 Å². The minimum atomic E-state index is -2.87. The molecule has 0 radical (unpaired) electrons. The van der Waals surface area contributed by atoms with Crippen LogP contribution in [0.15, 0.2) is 28.8 Å². The van der Waals surface area contributed by atoms with Crippen molar-refractivity contribution in [3.05, 3.63) is 46.3 Å². The van der Waals surface area contributed by atoms with Crippen molar-refractivity contribution in [1.29, 1.82) is 0 Å². The number of hydrogen-bond acceptors (Lipinski definition) is 4. The van der Waals surface area contributed by atoms with E-state index in [0.29, 0.717) is 29.4 Å². The zero-order chi connectivity index (χ0) is 14.5. The van der Waals surface area contributed by atoms with Crippen LogP contribution in [0.4, 0.5) is 8.78 Å². The summed E-state index contributed by atoms with van der Waals surface area (Å²) in [6.45, 7) is -0.290. The maximum atomic E-state index is 12.3. The normalized spacial score (nSPS) is 11.1. The first kappa shape index (κ1) is 14.7. The van der Waals surface area contributed by atoms with Crippen LogP contribution >= 0.6 is 11.6 Å². The number of rotatable bonds is 6. The molecule has 0 saturated carbocycles. The van der Waals surface area contributed by atoms with Crippen LogP contribution in [-0.4, -0.2) is 11.8 Å². The van der Waals surface area contributed by atoms with Crippen molar-refractivity contribution in [3.8, 4) is 5.75 Å². The molecule has 1 aromatic carbocycles. The summed E-state index contributed by atoms with van der Waals surface area (Å²) in [4.78, 5) is 0. The predicted octanol–water partition coefficient (Wildman–Crippen LogP) is 3.53. The Bertz CT molecular complexity index is 575. The summed E-state index contributed by atoms with van der Waals surface area (Å²) in [6, 6.07) is 6.30. The van der Waals surface area contributed by atoms with Gasteiger partial charge in [-0.1, -0.05) is 16.8 Å². The summed E-state index contributed by atoms with van der Waals surface area (Å²) in [5.41, 5.74) is 1.29. The van der Waals surface area contributed by atoms with Gasteiger partial charge in [0, 0.05) is 29.7 Å². The first-order valence-corrected chi connectivity index (χ1v) is 6.28. The smallest absolute Gasteiger partial charge is 0.387 e. The predicted molar refractivity (Wildman–Crippen MR) is 69.9 cm³/mol. The molecule has 0 aliphatic heterocycles. The number of alkyl halides is 2. The summed E-state index contributed by atoms with van der Waals surface area (Å²) in [7, 11) is 0. The number of hydrogen-bond donors (Lipinski definition) is 1. The van der Waals surface area contributed by atoms with Gasteiger partial charge in [0.2, 0.25) is 0 Å². The Balaban J connectivity index is 1.98. The Morgan fingerprint density at radius 3 is 2.80 bits per heavy atom. The van der Waals surface area contributed by atoms with Gasteiger partial charge in [-0.3, -0.25) is 0 Å². The Labute approximate surface area is 119 Å². The maximum Gasteiger partial charge on any atom is 0.387 e. The molecule has 1 N–H and O–H groups in total. The molecule has 0 spiro atoms. The third kappa shape index (κ3) is 4.18. The molecule has 1 aromatic heterocycles. The van der Waals surface area contributed by atoms with Crippen molar-refractivity contribution in [2.45, 2.75) is 26.6 Å². The Morgan fingerprint density at radius 1 is 1.35 bits per heavy atom. The SMILES string of the molecule is Cc1cc(CNCc2cc(Cl)ccc2OC(F)F)no1. The standard InChI is InChI=1S/C13H13ClF2N2O2/c1-8-4-11(18-20-8)7-17-6-9-5-10(14)2-3-12(9)19-13(15)16/h2-5,13,17H,6-7H2,1H3. The average molecular weight is 303 g/mol. The van der Waals surface area contributed by atoms with Crippen LogP contribution in [0, 0.1) is 6.92 Å². The first-order chi connectivity index (χ1) is 9.54. The van der Waals surface area contributed by atoms with Gasteiger partial charge in [-0.05, 0) is 25.1 Å². The van der Waals surface area contributed by atoms with Gasteiger partial charge in [0.05, 0.1) is 5.69 Å². The average Bonchev–Trinajstić information content (AvgIpc) is 2.78. The molecule has 108 valence electrons. The third-order valence-corrected chi connectivity index (χ3v) is 2.77. The highest BCUT2D eigenvalue weighted by molar-refractivity contribution is 6.30. The van der Waals surface area contributed by atoms with E-state index in [1.54, 1.807) is 19.1 Å². The van der Waals surface area contributed by atoms with E-state index in [1.807, 2.05) is 0 Å². The molecule has 0 fully saturated rings. The lowest BCUT2D eigenvalue weighted by Gasteiger charge is -2.11. The fourth-order valence-corrected chi connectivity index (χ4v) is 1.92. The third-order valence-electron chi connectivity index (χ3n) is 2.54. The van der Waals surface area contributed by atoms with E-state index in [-0.39, 0.29) is 5.75 Å². The van der Waals surface area contributed by atoms with Crippen LogP contribution in [0.3, 0.4) is 0 Å². The summed E-state index contributed by atoms with van der Waals surface area (Å²) in [5, 5.41) is 7.35. The van der Waals surface area contributed by atoms with Crippen LogP contribution in [0.2, 0.25) is 5.02 Å². The largest absolute Gasteiger partial charge is 0.434 e. The molecule has 0 aliphatic rings. The lowest BCUT2D eigenvalue weighted by atomic mass is 10.2. The second-order valence-corrected chi connectivity index (χ2v) is 4.60. The van der Waals surface area contributed by atoms with Crippen LogP contribution in [0.1, 0.15) is 17.0 Å². The Kier molecular flexibility index (Phi) is 4.92. The monoisotopic (exact) mass is 302 g/mol. The van der Waals surface area contributed by atoms with Gasteiger partial charge in [-0.25, -0.2) is 0 Å². The molecule has 0 unspecified atom stereocenters. The summed E-state index contributed by atoms with van der Waals surface area (Å²) in [6.07, 6.45) is 0. The van der Waals surface area contributed by atoms with E-state index in [0.717, 1.165) is 5.69 Å². The van der Waals surface area contributed by atoms with E-state index in [4.69, 9.17) is 16.1 Å². The van der Waals surface area contributed by atoms with E-state index in [9.17, 15) is 8.78 Å². The number of halogens is 3. The van der Waals surface area contributed by atoms with E-state index in [2.05, 4.69) is 15.2 Å². The zero-order valence-electron chi connectivity index (χ0n) is 10.7. The molecule has 0 bridgehead atoms. The van der Waals surface area contributed by atoms with E-state index >= 15 is 0 Å². The quantitative estimate of drug-likeness (QED) is 0.887. The Morgan fingerprint density at radius 2 is 2.15 bits per heavy atom. The second-order valence-electron chi connectivity index (χ2n) is 4.16. The molecule has 0 atom stereocenters. The molecule has 2 rings (SSSR count). The molecule has 0 aliphatic carbocycles. The molecule has 1 heterocycles.